The molecule has 17 heavy (non-hydrogen) atoms. The second-order valence-corrected chi connectivity index (χ2v) is 4.92. The summed E-state index contributed by atoms with van der Waals surface area (Å²) in [5.41, 5.74) is 5.52. The van der Waals surface area contributed by atoms with E-state index in [0.29, 0.717) is 5.84 Å². The van der Waals surface area contributed by atoms with Gasteiger partial charge in [0.15, 0.2) is 0 Å². The molecule has 0 spiro atoms. The van der Waals surface area contributed by atoms with Crippen LogP contribution >= 0.6 is 0 Å². The molecule has 0 radical (unpaired) electrons. The van der Waals surface area contributed by atoms with E-state index < -0.39 is 0 Å². The van der Waals surface area contributed by atoms with Crippen LogP contribution < -0.4 is 5.73 Å². The van der Waals surface area contributed by atoms with Crippen LogP contribution in [0.2, 0.25) is 0 Å². The van der Waals surface area contributed by atoms with Crippen molar-refractivity contribution >= 4 is 5.84 Å². The van der Waals surface area contributed by atoms with Gasteiger partial charge in [-0.15, -0.1) is 0 Å². The largest absolute Gasteiger partial charge is 0.387 e. The van der Waals surface area contributed by atoms with Crippen LogP contribution in [0.4, 0.5) is 0 Å². The highest BCUT2D eigenvalue weighted by molar-refractivity contribution is 5.83. The van der Waals surface area contributed by atoms with Gasteiger partial charge in [-0.3, -0.25) is 10.3 Å². The fourth-order valence-electron chi connectivity index (χ4n) is 2.09. The minimum Gasteiger partial charge on any atom is -0.387 e. The summed E-state index contributed by atoms with van der Waals surface area (Å²) < 4.78 is 0. The number of nitrogens with two attached hydrogens (primary N) is 1. The summed E-state index contributed by atoms with van der Waals surface area (Å²) in [6.07, 6.45) is 5.42. The predicted molar refractivity (Wildman–Crippen MR) is 66.6 cm³/mol. The molecule has 0 aromatic carbocycles. The molecule has 1 fully saturated rings. The molecule has 5 nitrogen and oxygen atoms in total. The van der Waals surface area contributed by atoms with Crippen molar-refractivity contribution in [2.75, 3.05) is 13.1 Å². The minimum absolute atomic E-state index is 0.117. The Kier molecular flexibility index (Phi) is 3.38. The van der Waals surface area contributed by atoms with Gasteiger partial charge in [0.25, 0.3) is 0 Å². The smallest absolute Gasteiger partial charge is 0.142 e. The molecule has 0 atom stereocenters. The lowest BCUT2D eigenvalue weighted by Crippen LogP contribution is -2.44. The zero-order valence-corrected chi connectivity index (χ0v) is 10.2. The molecular weight excluding hydrogens is 214 g/mol. The van der Waals surface area contributed by atoms with Gasteiger partial charge in [0.1, 0.15) is 5.82 Å². The number of hydrogen-bond donors (Lipinski definition) is 2. The Morgan fingerprint density at radius 1 is 1.41 bits per heavy atom. The molecule has 5 heteroatoms. The number of likely N-dealkylation sites (tertiary alicyclic amines) is 1. The van der Waals surface area contributed by atoms with E-state index in [0.717, 1.165) is 38.3 Å². The molecule has 1 aromatic heterocycles. The zero-order chi connectivity index (χ0) is 12.3. The topological polar surface area (TPSA) is 78.9 Å². The molecule has 1 saturated heterocycles. The van der Waals surface area contributed by atoms with Crippen molar-refractivity contribution in [1.29, 1.82) is 5.41 Å². The molecule has 1 aliphatic rings. The first-order valence-electron chi connectivity index (χ1n) is 5.93. The van der Waals surface area contributed by atoms with E-state index >= 15 is 0 Å². The number of nitrogens with one attached hydrogen (secondary N) is 1. The summed E-state index contributed by atoms with van der Waals surface area (Å²) in [6, 6.07) is 1.83. The molecule has 0 amide bonds. The highest BCUT2D eigenvalue weighted by Crippen LogP contribution is 2.30. The Morgan fingerprint density at radius 3 is 2.53 bits per heavy atom. The third kappa shape index (κ3) is 2.79. The van der Waals surface area contributed by atoms with Crippen molar-refractivity contribution < 1.29 is 0 Å². The highest BCUT2D eigenvalue weighted by atomic mass is 15.2. The van der Waals surface area contributed by atoms with Crippen LogP contribution in [-0.2, 0) is 6.54 Å². The molecule has 2 heterocycles. The quantitative estimate of drug-likeness (QED) is 0.603. The maximum Gasteiger partial charge on any atom is 0.142 e. The predicted octanol–water partition coefficient (Wildman–Crippen LogP) is 1.01. The van der Waals surface area contributed by atoms with Gasteiger partial charge in [0, 0.05) is 17.8 Å². The second kappa shape index (κ2) is 4.79. The van der Waals surface area contributed by atoms with Gasteiger partial charge in [-0.05, 0) is 32.0 Å². The molecule has 1 aromatic rings. The Labute approximate surface area is 102 Å². The lowest BCUT2D eigenvalue weighted by Gasteiger charge is -2.38. The third-order valence-corrected chi connectivity index (χ3v) is 3.59. The first-order chi connectivity index (χ1) is 8.10. The summed E-state index contributed by atoms with van der Waals surface area (Å²) in [5.74, 6) is 1.17. The standard InChI is InChI=1S/C12H19N5/c1-12(11(13)14)3-7-17(8-4-12)9-10-15-5-2-6-16-10/h2,5-6H,3-4,7-9H2,1H3,(H3,13,14). The third-order valence-electron chi connectivity index (χ3n) is 3.59. The average Bonchev–Trinajstić information content (AvgIpc) is 2.33. The first-order valence-corrected chi connectivity index (χ1v) is 5.93. The number of piperidine rings is 1. The van der Waals surface area contributed by atoms with E-state index in [1.165, 1.54) is 0 Å². The number of hydrogen-bond acceptors (Lipinski definition) is 4. The zero-order valence-electron chi connectivity index (χ0n) is 10.2. The fraction of sp³-hybridized carbons (Fsp3) is 0.583. The highest BCUT2D eigenvalue weighted by Gasteiger charge is 2.32. The first kappa shape index (κ1) is 12.0. The van der Waals surface area contributed by atoms with Crippen LogP contribution in [0, 0.1) is 10.8 Å². The van der Waals surface area contributed by atoms with Crippen LogP contribution in [0.15, 0.2) is 18.5 Å². The van der Waals surface area contributed by atoms with E-state index in [4.69, 9.17) is 11.1 Å². The van der Waals surface area contributed by atoms with Crippen LogP contribution in [0.25, 0.3) is 0 Å². The van der Waals surface area contributed by atoms with Crippen LogP contribution in [0.5, 0.6) is 0 Å². The number of rotatable bonds is 3. The molecule has 2 rings (SSSR count). The molecule has 0 aliphatic carbocycles. The van der Waals surface area contributed by atoms with Gasteiger partial charge in [0.05, 0.1) is 12.4 Å². The van der Waals surface area contributed by atoms with Crippen molar-refractivity contribution in [1.82, 2.24) is 14.9 Å². The number of amidine groups is 1. The Hall–Kier alpha value is -1.49. The van der Waals surface area contributed by atoms with Crippen LogP contribution in [0.1, 0.15) is 25.6 Å². The van der Waals surface area contributed by atoms with Crippen molar-refractivity contribution in [3.8, 4) is 0 Å². The molecule has 92 valence electrons. The molecule has 1 aliphatic heterocycles. The van der Waals surface area contributed by atoms with Crippen molar-refractivity contribution in [3.63, 3.8) is 0 Å². The summed E-state index contributed by atoms with van der Waals surface area (Å²) in [5, 5.41) is 7.61. The van der Waals surface area contributed by atoms with Gasteiger partial charge in [-0.2, -0.15) is 0 Å². The average molecular weight is 233 g/mol. The summed E-state index contributed by atoms with van der Waals surface area (Å²) >= 11 is 0. The lowest BCUT2D eigenvalue weighted by atomic mass is 9.79. The maximum absolute atomic E-state index is 7.61. The van der Waals surface area contributed by atoms with E-state index in [1.807, 2.05) is 6.07 Å². The molecular formula is C12H19N5. The van der Waals surface area contributed by atoms with Gasteiger partial charge in [-0.25, -0.2) is 9.97 Å². The molecule has 0 saturated carbocycles. The SMILES string of the molecule is CC1(C(=N)N)CCN(Cc2ncccn2)CC1. The van der Waals surface area contributed by atoms with Crippen molar-refractivity contribution in [2.45, 2.75) is 26.3 Å². The van der Waals surface area contributed by atoms with Gasteiger partial charge in [-0.1, -0.05) is 6.92 Å². The Balaban J connectivity index is 1.90. The van der Waals surface area contributed by atoms with E-state index in [9.17, 15) is 0 Å². The van der Waals surface area contributed by atoms with Crippen molar-refractivity contribution in [2.24, 2.45) is 11.1 Å². The lowest BCUT2D eigenvalue weighted by molar-refractivity contribution is 0.153. The maximum atomic E-state index is 7.61. The van der Waals surface area contributed by atoms with Crippen molar-refractivity contribution in [3.05, 3.63) is 24.3 Å². The van der Waals surface area contributed by atoms with Crippen LogP contribution in [0.3, 0.4) is 0 Å². The minimum atomic E-state index is -0.117. The molecule has 3 N–H and O–H groups in total. The number of nitrogens with zero attached hydrogens (tertiary/aromatic N) is 3. The van der Waals surface area contributed by atoms with Gasteiger partial charge >= 0.3 is 0 Å². The molecule has 0 bridgehead atoms. The summed E-state index contributed by atoms with van der Waals surface area (Å²) in [6.45, 7) is 4.77. The van der Waals surface area contributed by atoms with E-state index in [-0.39, 0.29) is 5.41 Å². The summed E-state index contributed by atoms with van der Waals surface area (Å²) in [7, 11) is 0. The Morgan fingerprint density at radius 2 is 2.00 bits per heavy atom. The van der Waals surface area contributed by atoms with E-state index in [1.54, 1.807) is 12.4 Å². The van der Waals surface area contributed by atoms with Crippen LogP contribution in [-0.4, -0.2) is 33.8 Å². The summed E-state index contributed by atoms with van der Waals surface area (Å²) in [4.78, 5) is 10.8. The second-order valence-electron chi connectivity index (χ2n) is 4.92. The monoisotopic (exact) mass is 233 g/mol. The van der Waals surface area contributed by atoms with E-state index in [2.05, 4.69) is 21.8 Å². The fourth-order valence-corrected chi connectivity index (χ4v) is 2.09. The Bertz CT molecular complexity index is 381. The molecule has 0 unspecified atom stereocenters. The normalized spacial score (nSPS) is 20.1. The van der Waals surface area contributed by atoms with Gasteiger partial charge in [0.2, 0.25) is 0 Å². The number of aromatic nitrogens is 2. The van der Waals surface area contributed by atoms with Gasteiger partial charge < -0.3 is 5.73 Å².